The molecule has 9 heteroatoms. The second-order valence-corrected chi connectivity index (χ2v) is 8.45. The molecule has 0 saturated heterocycles. The van der Waals surface area contributed by atoms with Gasteiger partial charge in [-0.05, 0) is 54.3 Å². The Balaban J connectivity index is 1.46. The minimum absolute atomic E-state index is 0.241. The number of hydrogen-bond acceptors (Lipinski definition) is 8. The van der Waals surface area contributed by atoms with Crippen LogP contribution in [0.25, 0.3) is 21.3 Å². The molecule has 0 bridgehead atoms. The number of rotatable bonds is 9. The summed E-state index contributed by atoms with van der Waals surface area (Å²) in [5, 5.41) is 6.96. The third-order valence-electron chi connectivity index (χ3n) is 5.07. The molecule has 170 valence electrons. The average Bonchev–Trinajstić information content (AvgIpc) is 3.34. The molecule has 0 aliphatic heterocycles. The summed E-state index contributed by atoms with van der Waals surface area (Å²) in [5.41, 5.74) is 9.08. The van der Waals surface area contributed by atoms with Crippen LogP contribution in [0.4, 0.5) is 11.6 Å². The SMILES string of the molecule is C=CC(=CN=C)CNC(=O)c1cccnc1NCc1ccc(-c2ccc3ncnc(N)c3c2)s1. The Morgan fingerprint density at radius 3 is 2.88 bits per heavy atom. The smallest absolute Gasteiger partial charge is 0.255 e. The first-order chi connectivity index (χ1) is 16.6. The molecular formula is C25H23N7OS. The Hall–Kier alpha value is -4.37. The van der Waals surface area contributed by atoms with Crippen LogP contribution < -0.4 is 16.4 Å². The number of aromatic nitrogens is 3. The maximum absolute atomic E-state index is 12.7. The van der Waals surface area contributed by atoms with Crippen molar-refractivity contribution in [2.24, 2.45) is 4.99 Å². The van der Waals surface area contributed by atoms with Crippen LogP contribution in [0.15, 0.2) is 84.4 Å². The van der Waals surface area contributed by atoms with Gasteiger partial charge in [0, 0.05) is 34.1 Å². The maximum Gasteiger partial charge on any atom is 0.255 e. The predicted molar refractivity (Wildman–Crippen MR) is 139 cm³/mol. The zero-order valence-electron chi connectivity index (χ0n) is 18.4. The van der Waals surface area contributed by atoms with E-state index in [-0.39, 0.29) is 5.91 Å². The number of nitrogens with one attached hydrogen (secondary N) is 2. The van der Waals surface area contributed by atoms with Crippen molar-refractivity contribution in [3.05, 3.63) is 89.9 Å². The summed E-state index contributed by atoms with van der Waals surface area (Å²) in [4.78, 5) is 31.3. The van der Waals surface area contributed by atoms with E-state index in [0.29, 0.717) is 30.3 Å². The van der Waals surface area contributed by atoms with Crippen molar-refractivity contribution >= 4 is 46.5 Å². The minimum atomic E-state index is -0.241. The number of pyridine rings is 1. The molecule has 0 spiro atoms. The number of amides is 1. The summed E-state index contributed by atoms with van der Waals surface area (Å²) < 4.78 is 0. The number of aliphatic imine (C=N–C) groups is 1. The number of anilines is 2. The molecule has 4 N–H and O–H groups in total. The first-order valence-electron chi connectivity index (χ1n) is 10.4. The Morgan fingerprint density at radius 1 is 1.18 bits per heavy atom. The van der Waals surface area contributed by atoms with Crippen LogP contribution in [0, 0.1) is 0 Å². The number of fused-ring (bicyclic) bond motifs is 1. The molecule has 4 rings (SSSR count). The molecule has 4 aromatic rings. The number of nitrogen functional groups attached to an aromatic ring is 1. The van der Waals surface area contributed by atoms with Gasteiger partial charge in [-0.2, -0.15) is 0 Å². The van der Waals surface area contributed by atoms with Gasteiger partial charge in [0.1, 0.15) is 18.0 Å². The van der Waals surface area contributed by atoms with Gasteiger partial charge in [0.25, 0.3) is 5.91 Å². The van der Waals surface area contributed by atoms with Crippen molar-refractivity contribution in [2.75, 3.05) is 17.6 Å². The van der Waals surface area contributed by atoms with Gasteiger partial charge in [-0.25, -0.2) is 15.0 Å². The number of nitrogens with two attached hydrogens (primary N) is 1. The highest BCUT2D eigenvalue weighted by atomic mass is 32.1. The van der Waals surface area contributed by atoms with E-state index < -0.39 is 0 Å². The summed E-state index contributed by atoms with van der Waals surface area (Å²) in [6, 6.07) is 13.5. The Kier molecular flexibility index (Phi) is 7.04. The largest absolute Gasteiger partial charge is 0.383 e. The van der Waals surface area contributed by atoms with Gasteiger partial charge in [0.2, 0.25) is 0 Å². The second-order valence-electron chi connectivity index (χ2n) is 7.28. The molecule has 0 unspecified atom stereocenters. The zero-order chi connectivity index (χ0) is 23.9. The average molecular weight is 470 g/mol. The van der Waals surface area contributed by atoms with Crippen LogP contribution in [-0.4, -0.2) is 34.1 Å². The first kappa shape index (κ1) is 22.8. The lowest BCUT2D eigenvalue weighted by molar-refractivity contribution is 0.0958. The fraction of sp³-hybridized carbons (Fsp3) is 0.0800. The highest BCUT2D eigenvalue weighted by Gasteiger charge is 2.13. The van der Waals surface area contributed by atoms with Gasteiger partial charge in [-0.3, -0.25) is 9.79 Å². The number of carbonyl (C=O) groups excluding carboxylic acids is 1. The monoisotopic (exact) mass is 469 g/mol. The van der Waals surface area contributed by atoms with Gasteiger partial charge in [-0.1, -0.05) is 18.7 Å². The number of nitrogens with zero attached hydrogens (tertiary/aromatic N) is 4. The van der Waals surface area contributed by atoms with Gasteiger partial charge in [-0.15, -0.1) is 11.3 Å². The highest BCUT2D eigenvalue weighted by molar-refractivity contribution is 7.15. The quantitative estimate of drug-likeness (QED) is 0.246. The van der Waals surface area contributed by atoms with Crippen LogP contribution in [0.1, 0.15) is 15.2 Å². The number of thiophene rings is 1. The molecule has 0 atom stereocenters. The van der Waals surface area contributed by atoms with E-state index in [9.17, 15) is 4.79 Å². The maximum atomic E-state index is 12.7. The van der Waals surface area contributed by atoms with E-state index >= 15 is 0 Å². The Bertz CT molecular complexity index is 1390. The minimum Gasteiger partial charge on any atom is -0.383 e. The topological polar surface area (TPSA) is 118 Å². The van der Waals surface area contributed by atoms with Crippen LogP contribution in [0.3, 0.4) is 0 Å². The highest BCUT2D eigenvalue weighted by Crippen LogP contribution is 2.31. The van der Waals surface area contributed by atoms with Crippen LogP contribution >= 0.6 is 11.3 Å². The molecule has 1 aromatic carbocycles. The lowest BCUT2D eigenvalue weighted by Crippen LogP contribution is -2.26. The standard InChI is InChI=1S/C25H23N7OS/c1-3-16(12-27-2)13-30-25(33)19-5-4-10-28-24(19)29-14-18-7-9-22(34-18)17-6-8-21-20(11-17)23(26)32-15-31-21/h3-12,15H,1-2,13-14H2,(H,28,29)(H,30,33)(H2,26,31,32). The molecular weight excluding hydrogens is 446 g/mol. The van der Waals surface area contributed by atoms with Gasteiger partial charge in [0.15, 0.2) is 0 Å². The summed E-state index contributed by atoms with van der Waals surface area (Å²) in [7, 11) is 0. The van der Waals surface area contributed by atoms with Crippen LogP contribution in [0.2, 0.25) is 0 Å². The van der Waals surface area contributed by atoms with E-state index in [0.717, 1.165) is 31.8 Å². The molecule has 1 amide bonds. The molecule has 0 saturated carbocycles. The predicted octanol–water partition coefficient (Wildman–Crippen LogP) is 4.45. The van der Waals surface area contributed by atoms with Crippen molar-refractivity contribution in [3.63, 3.8) is 0 Å². The van der Waals surface area contributed by atoms with Crippen molar-refractivity contribution in [1.82, 2.24) is 20.3 Å². The van der Waals surface area contributed by atoms with Gasteiger partial charge >= 0.3 is 0 Å². The Labute approximate surface area is 201 Å². The van der Waals surface area contributed by atoms with E-state index in [4.69, 9.17) is 5.73 Å². The summed E-state index contributed by atoms with van der Waals surface area (Å²) in [6.45, 7) is 7.96. The van der Waals surface area contributed by atoms with Gasteiger partial charge in [0.05, 0.1) is 17.6 Å². The van der Waals surface area contributed by atoms with E-state index in [2.05, 4.69) is 49.9 Å². The molecule has 0 aliphatic carbocycles. The van der Waals surface area contributed by atoms with E-state index in [1.807, 2.05) is 24.3 Å². The molecule has 0 aliphatic rings. The van der Waals surface area contributed by atoms with Crippen LogP contribution in [0.5, 0.6) is 0 Å². The number of benzene rings is 1. The molecule has 0 radical (unpaired) electrons. The molecule has 3 aromatic heterocycles. The fourth-order valence-electron chi connectivity index (χ4n) is 3.32. The van der Waals surface area contributed by atoms with Gasteiger partial charge < -0.3 is 16.4 Å². The van der Waals surface area contributed by atoms with Crippen molar-refractivity contribution in [2.45, 2.75) is 6.54 Å². The lowest BCUT2D eigenvalue weighted by Gasteiger charge is -2.11. The van der Waals surface area contributed by atoms with Crippen molar-refractivity contribution < 1.29 is 4.79 Å². The molecule has 3 heterocycles. The molecule has 0 fully saturated rings. The summed E-state index contributed by atoms with van der Waals surface area (Å²) >= 11 is 1.65. The number of hydrogen-bond donors (Lipinski definition) is 3. The summed E-state index contributed by atoms with van der Waals surface area (Å²) in [6.07, 6.45) is 6.30. The normalized spacial score (nSPS) is 11.2. The molecule has 34 heavy (non-hydrogen) atoms. The second kappa shape index (κ2) is 10.5. The van der Waals surface area contributed by atoms with Crippen molar-refractivity contribution in [3.8, 4) is 10.4 Å². The molecule has 8 nitrogen and oxygen atoms in total. The fourth-order valence-corrected chi connectivity index (χ4v) is 4.27. The van der Waals surface area contributed by atoms with E-state index in [1.54, 1.807) is 41.9 Å². The third-order valence-corrected chi connectivity index (χ3v) is 6.20. The number of carbonyl (C=O) groups is 1. The third kappa shape index (κ3) is 5.16. The summed E-state index contributed by atoms with van der Waals surface area (Å²) in [5.74, 6) is 0.731. The van der Waals surface area contributed by atoms with Crippen LogP contribution in [-0.2, 0) is 6.54 Å². The Morgan fingerprint density at radius 2 is 2.06 bits per heavy atom. The van der Waals surface area contributed by atoms with E-state index in [1.165, 1.54) is 6.33 Å². The lowest BCUT2D eigenvalue weighted by atomic mass is 10.1. The zero-order valence-corrected chi connectivity index (χ0v) is 19.2. The van der Waals surface area contributed by atoms with Crippen molar-refractivity contribution in [1.29, 1.82) is 0 Å². The first-order valence-corrected chi connectivity index (χ1v) is 11.2.